The number of rotatable bonds is 2. The summed E-state index contributed by atoms with van der Waals surface area (Å²) in [4.78, 5) is 0. The van der Waals surface area contributed by atoms with Gasteiger partial charge in [0.05, 0.1) is 0 Å². The second-order valence-corrected chi connectivity index (χ2v) is 2.54. The van der Waals surface area contributed by atoms with Crippen LogP contribution in [0.1, 0.15) is 13.3 Å². The number of hydrogen-bond donors (Lipinski definition) is 2. The Labute approximate surface area is 56.2 Å². The lowest BCUT2D eigenvalue weighted by Gasteiger charge is -2.09. The maximum absolute atomic E-state index is 5.55. The Balaban J connectivity index is 2.14. The van der Waals surface area contributed by atoms with Crippen LogP contribution in [0.25, 0.3) is 0 Å². The van der Waals surface area contributed by atoms with Crippen molar-refractivity contribution in [2.24, 2.45) is 5.84 Å². The van der Waals surface area contributed by atoms with E-state index < -0.39 is 0 Å². The monoisotopic (exact) mass is 129 g/mol. The first kappa shape index (κ1) is 6.99. The normalized spacial score (nSPS) is 29.3. The minimum atomic E-state index is 0.639. The fraction of sp³-hybridized carbons (Fsp3) is 1.00. The van der Waals surface area contributed by atoms with Gasteiger partial charge in [-0.15, -0.1) is 0 Å². The topological polar surface area (TPSA) is 41.3 Å². The molecular formula is C6H15N3. The predicted molar refractivity (Wildman–Crippen MR) is 37.8 cm³/mol. The van der Waals surface area contributed by atoms with Crippen molar-refractivity contribution in [3.8, 4) is 0 Å². The van der Waals surface area contributed by atoms with Crippen LogP contribution in [0, 0.1) is 0 Å². The molecule has 1 rings (SSSR count). The molecule has 0 aromatic rings. The van der Waals surface area contributed by atoms with Gasteiger partial charge in [-0.3, -0.25) is 5.84 Å². The van der Waals surface area contributed by atoms with Gasteiger partial charge in [0.25, 0.3) is 0 Å². The van der Waals surface area contributed by atoms with E-state index in [9.17, 15) is 0 Å². The molecule has 0 spiro atoms. The molecule has 1 atom stereocenters. The van der Waals surface area contributed by atoms with E-state index >= 15 is 0 Å². The highest BCUT2D eigenvalue weighted by molar-refractivity contribution is 4.76. The Hall–Kier alpha value is -0.120. The van der Waals surface area contributed by atoms with Crippen molar-refractivity contribution in [2.75, 3.05) is 19.6 Å². The molecule has 0 aromatic heterocycles. The van der Waals surface area contributed by atoms with Gasteiger partial charge in [-0.05, 0) is 13.0 Å². The number of hydrazine groups is 1. The van der Waals surface area contributed by atoms with Crippen LogP contribution in [0.3, 0.4) is 0 Å². The van der Waals surface area contributed by atoms with Crippen molar-refractivity contribution in [2.45, 2.75) is 19.4 Å². The van der Waals surface area contributed by atoms with Crippen LogP contribution in [0.2, 0.25) is 0 Å². The van der Waals surface area contributed by atoms with E-state index in [0.717, 1.165) is 19.6 Å². The first-order valence-corrected chi connectivity index (χ1v) is 3.56. The maximum Gasteiger partial charge on any atom is 0.0283 e. The second kappa shape index (κ2) is 3.15. The average molecular weight is 129 g/mol. The van der Waals surface area contributed by atoms with E-state index in [4.69, 9.17) is 5.84 Å². The zero-order chi connectivity index (χ0) is 6.69. The molecule has 0 radical (unpaired) electrons. The molecule has 3 nitrogen and oxygen atoms in total. The lowest BCUT2D eigenvalue weighted by Crippen LogP contribution is -2.35. The third-order valence-electron chi connectivity index (χ3n) is 1.71. The molecule has 0 aromatic carbocycles. The molecule has 1 unspecified atom stereocenters. The quantitative estimate of drug-likeness (QED) is 0.496. The third-order valence-corrected chi connectivity index (χ3v) is 1.71. The smallest absolute Gasteiger partial charge is 0.0283 e. The highest BCUT2D eigenvalue weighted by Crippen LogP contribution is 2.02. The van der Waals surface area contributed by atoms with Gasteiger partial charge in [-0.25, -0.2) is 5.01 Å². The molecule has 3 N–H and O–H groups in total. The Morgan fingerprint density at radius 2 is 2.56 bits per heavy atom. The highest BCUT2D eigenvalue weighted by atomic mass is 15.4. The van der Waals surface area contributed by atoms with Gasteiger partial charge in [0.2, 0.25) is 0 Å². The molecule has 0 saturated carbocycles. The first-order valence-electron chi connectivity index (χ1n) is 3.56. The zero-order valence-electron chi connectivity index (χ0n) is 5.93. The lowest BCUT2D eigenvalue weighted by atomic mass is 10.3. The van der Waals surface area contributed by atoms with E-state index in [1.807, 2.05) is 5.01 Å². The van der Waals surface area contributed by atoms with Crippen LogP contribution >= 0.6 is 0 Å². The van der Waals surface area contributed by atoms with Gasteiger partial charge >= 0.3 is 0 Å². The minimum Gasteiger partial charge on any atom is -0.313 e. The third kappa shape index (κ3) is 1.93. The van der Waals surface area contributed by atoms with Gasteiger partial charge in [-0.2, -0.15) is 0 Å². The van der Waals surface area contributed by atoms with Crippen LogP contribution in [0.4, 0.5) is 0 Å². The molecule has 1 fully saturated rings. The van der Waals surface area contributed by atoms with Crippen LogP contribution in [-0.2, 0) is 0 Å². The van der Waals surface area contributed by atoms with Gasteiger partial charge in [0, 0.05) is 19.1 Å². The standard InChI is InChI=1S/C6H15N3/c1-2-8-6-3-4-9(7)5-6/h6,8H,2-5,7H2,1H3. The predicted octanol–water partition coefficient (Wildman–Crippen LogP) is -0.456. The number of nitrogens with two attached hydrogens (primary N) is 1. The van der Waals surface area contributed by atoms with Crippen molar-refractivity contribution < 1.29 is 0 Å². The zero-order valence-corrected chi connectivity index (χ0v) is 5.93. The van der Waals surface area contributed by atoms with Crippen LogP contribution in [-0.4, -0.2) is 30.7 Å². The summed E-state index contributed by atoms with van der Waals surface area (Å²) in [6.07, 6.45) is 1.20. The van der Waals surface area contributed by atoms with E-state index in [2.05, 4.69) is 12.2 Å². The summed E-state index contributed by atoms with van der Waals surface area (Å²) in [5.41, 5.74) is 0. The fourth-order valence-electron chi connectivity index (χ4n) is 1.24. The van der Waals surface area contributed by atoms with Crippen LogP contribution in [0.15, 0.2) is 0 Å². The molecular weight excluding hydrogens is 114 g/mol. The molecule has 0 aliphatic carbocycles. The summed E-state index contributed by atoms with van der Waals surface area (Å²) in [5.74, 6) is 5.55. The molecule has 0 amide bonds. The maximum atomic E-state index is 5.55. The fourth-order valence-corrected chi connectivity index (χ4v) is 1.24. The van der Waals surface area contributed by atoms with E-state index in [0.29, 0.717) is 6.04 Å². The number of likely N-dealkylation sites (N-methyl/N-ethyl adjacent to an activating group) is 1. The van der Waals surface area contributed by atoms with Gasteiger partial charge in [-0.1, -0.05) is 6.92 Å². The molecule has 0 bridgehead atoms. The summed E-state index contributed by atoms with van der Waals surface area (Å²) in [6, 6.07) is 0.639. The number of hydrogen-bond acceptors (Lipinski definition) is 3. The highest BCUT2D eigenvalue weighted by Gasteiger charge is 2.17. The van der Waals surface area contributed by atoms with Crippen molar-refractivity contribution in [3.63, 3.8) is 0 Å². The summed E-state index contributed by atoms with van der Waals surface area (Å²) < 4.78 is 0. The Bertz CT molecular complexity index is 82.4. The summed E-state index contributed by atoms with van der Waals surface area (Å²) in [7, 11) is 0. The Morgan fingerprint density at radius 3 is 3.00 bits per heavy atom. The van der Waals surface area contributed by atoms with Gasteiger partial charge in [0.15, 0.2) is 0 Å². The summed E-state index contributed by atoms with van der Waals surface area (Å²) in [5, 5.41) is 5.22. The molecule has 1 heterocycles. The number of nitrogens with zero attached hydrogens (tertiary/aromatic N) is 1. The van der Waals surface area contributed by atoms with Crippen molar-refractivity contribution in [1.29, 1.82) is 0 Å². The largest absolute Gasteiger partial charge is 0.313 e. The number of nitrogens with one attached hydrogen (secondary N) is 1. The van der Waals surface area contributed by atoms with E-state index in [1.54, 1.807) is 0 Å². The van der Waals surface area contributed by atoms with E-state index in [1.165, 1.54) is 6.42 Å². The second-order valence-electron chi connectivity index (χ2n) is 2.54. The molecule has 1 aliphatic heterocycles. The van der Waals surface area contributed by atoms with E-state index in [-0.39, 0.29) is 0 Å². The van der Waals surface area contributed by atoms with Gasteiger partial charge in [0.1, 0.15) is 0 Å². The summed E-state index contributed by atoms with van der Waals surface area (Å²) in [6.45, 7) is 5.23. The molecule has 1 aliphatic rings. The molecule has 9 heavy (non-hydrogen) atoms. The molecule has 3 heteroatoms. The minimum absolute atomic E-state index is 0.639. The Kier molecular flexibility index (Phi) is 2.45. The summed E-state index contributed by atoms with van der Waals surface area (Å²) >= 11 is 0. The van der Waals surface area contributed by atoms with Crippen molar-refractivity contribution >= 4 is 0 Å². The lowest BCUT2D eigenvalue weighted by molar-refractivity contribution is 0.342. The molecule has 1 saturated heterocycles. The Morgan fingerprint density at radius 1 is 1.78 bits per heavy atom. The molecule has 54 valence electrons. The van der Waals surface area contributed by atoms with Crippen molar-refractivity contribution in [3.05, 3.63) is 0 Å². The SMILES string of the molecule is CCNC1CCN(N)C1. The average Bonchev–Trinajstić information content (AvgIpc) is 2.17. The van der Waals surface area contributed by atoms with Crippen LogP contribution < -0.4 is 11.2 Å². The van der Waals surface area contributed by atoms with Gasteiger partial charge < -0.3 is 5.32 Å². The first-order chi connectivity index (χ1) is 4.33. The van der Waals surface area contributed by atoms with Crippen molar-refractivity contribution in [1.82, 2.24) is 10.3 Å². The van der Waals surface area contributed by atoms with Crippen LogP contribution in [0.5, 0.6) is 0 Å².